The largest absolute Gasteiger partial charge is 0.480 e. The second-order valence-corrected chi connectivity index (χ2v) is 17.6. The van der Waals surface area contributed by atoms with Crippen molar-refractivity contribution in [3.63, 3.8) is 0 Å². The standard InChI is InChI=1S/C15H12BrClF4N2O2.C15H12F3NO4S.C3H8NO5P/c1-6(2)25-14(24)7-4-8(10(18)5-9(7)17)12-11(16)13(15(19,20)21)23(3)22-12;1-24(21,22)12-6-9(15(16,17)18)4-5-10(12)13(20)11-7-19-23-14(11)8-2-3-8;5-3(6)1-4-2-10(7,8)9/h4-6H,1-3H3;4-8H,2-3H2,1H3;4H,1-2H2,(H,5,6)(H2,7,8,9). The van der Waals surface area contributed by atoms with Crippen molar-refractivity contribution in [2.24, 2.45) is 7.05 Å². The van der Waals surface area contributed by atoms with Crippen LogP contribution in [0.2, 0.25) is 5.02 Å². The number of ether oxygens (including phenoxy) is 1. The molecule has 2 aromatic heterocycles. The third-order valence-corrected chi connectivity index (χ3v) is 10.3. The third kappa shape index (κ3) is 13.7. The third-order valence-electron chi connectivity index (χ3n) is 7.47. The highest BCUT2D eigenvalue weighted by Crippen LogP contribution is 2.43. The van der Waals surface area contributed by atoms with Crippen molar-refractivity contribution in [1.29, 1.82) is 0 Å². The molecule has 0 aliphatic heterocycles. The van der Waals surface area contributed by atoms with Crippen molar-refractivity contribution < 1.29 is 82.3 Å². The van der Waals surface area contributed by atoms with Crippen LogP contribution in [0.1, 0.15) is 75.9 Å². The summed E-state index contributed by atoms with van der Waals surface area (Å²) in [7, 11) is -7.06. The van der Waals surface area contributed by atoms with Gasteiger partial charge in [0, 0.05) is 30.3 Å². The van der Waals surface area contributed by atoms with Gasteiger partial charge in [-0.25, -0.2) is 17.6 Å². The van der Waals surface area contributed by atoms with Crippen LogP contribution < -0.4 is 5.32 Å². The van der Waals surface area contributed by atoms with Crippen LogP contribution in [-0.4, -0.2) is 81.2 Å². The van der Waals surface area contributed by atoms with Gasteiger partial charge in [0.2, 0.25) is 0 Å². The second kappa shape index (κ2) is 19.0. The van der Waals surface area contributed by atoms with E-state index < -0.39 is 92.9 Å². The molecule has 1 aliphatic rings. The molecule has 0 amide bonds. The van der Waals surface area contributed by atoms with E-state index in [1.54, 1.807) is 13.8 Å². The summed E-state index contributed by atoms with van der Waals surface area (Å²) in [4.78, 5) is 50.2. The van der Waals surface area contributed by atoms with Gasteiger partial charge in [-0.3, -0.25) is 24.2 Å². The number of halogens is 9. The fourth-order valence-corrected chi connectivity index (χ4v) is 7.15. The summed E-state index contributed by atoms with van der Waals surface area (Å²) in [5.74, 6) is -3.20. The maximum Gasteiger partial charge on any atom is 0.434 e. The summed E-state index contributed by atoms with van der Waals surface area (Å²) < 4.78 is 136. The van der Waals surface area contributed by atoms with E-state index in [4.69, 9.17) is 35.8 Å². The topological polar surface area (TPSA) is 228 Å². The van der Waals surface area contributed by atoms with Crippen LogP contribution in [-0.2, 0) is 43.3 Å². The molecular formula is C33H32BrClF7N4O11PS. The lowest BCUT2D eigenvalue weighted by atomic mass is 10.0. The predicted octanol–water partition coefficient (Wildman–Crippen LogP) is 7.23. The predicted molar refractivity (Wildman–Crippen MR) is 196 cm³/mol. The van der Waals surface area contributed by atoms with Crippen molar-refractivity contribution in [2.45, 2.75) is 56.0 Å². The number of aliphatic carboxylic acids is 1. The number of carboxylic acids is 1. The van der Waals surface area contributed by atoms with Gasteiger partial charge >= 0.3 is 31.9 Å². The Labute approximate surface area is 343 Å². The van der Waals surface area contributed by atoms with E-state index >= 15 is 0 Å². The van der Waals surface area contributed by atoms with Crippen LogP contribution in [0, 0.1) is 5.82 Å². The average molecular weight is 972 g/mol. The van der Waals surface area contributed by atoms with E-state index in [0.717, 1.165) is 44.3 Å². The maximum absolute atomic E-state index is 14.3. The minimum atomic E-state index is -4.71. The quantitative estimate of drug-likeness (QED) is 0.0504. The van der Waals surface area contributed by atoms with E-state index in [2.05, 4.69) is 31.5 Å². The number of carbonyl (C=O) groups excluding carboxylic acids is 2. The van der Waals surface area contributed by atoms with E-state index in [1.807, 2.05) is 0 Å². The van der Waals surface area contributed by atoms with E-state index in [9.17, 15) is 58.1 Å². The molecule has 2 aromatic carbocycles. The van der Waals surface area contributed by atoms with Gasteiger partial charge in [0.15, 0.2) is 27.1 Å². The number of hydrogen-bond donors (Lipinski definition) is 4. The van der Waals surface area contributed by atoms with Gasteiger partial charge in [-0.05, 0) is 73.0 Å². The Morgan fingerprint density at radius 1 is 1.07 bits per heavy atom. The first kappa shape index (κ1) is 49.2. The lowest BCUT2D eigenvalue weighted by Gasteiger charge is -2.11. The molecule has 4 aromatic rings. The van der Waals surface area contributed by atoms with Crippen molar-refractivity contribution in [1.82, 2.24) is 20.3 Å². The molecule has 324 valence electrons. The number of alkyl halides is 6. The molecule has 1 saturated carbocycles. The number of rotatable bonds is 11. The maximum atomic E-state index is 14.3. The van der Waals surface area contributed by atoms with Gasteiger partial charge in [-0.2, -0.15) is 31.4 Å². The first-order valence-corrected chi connectivity index (χ1v) is 21.2. The molecule has 0 spiro atoms. The van der Waals surface area contributed by atoms with Gasteiger partial charge < -0.3 is 24.2 Å². The number of aromatic nitrogens is 3. The van der Waals surface area contributed by atoms with Crippen molar-refractivity contribution in [2.75, 3.05) is 19.1 Å². The zero-order valence-electron chi connectivity index (χ0n) is 30.7. The Hall–Kier alpha value is -4.19. The molecule has 0 unspecified atom stereocenters. The van der Waals surface area contributed by atoms with E-state index in [-0.39, 0.29) is 38.9 Å². The molecule has 0 atom stereocenters. The first-order valence-electron chi connectivity index (χ1n) is 16.3. The summed E-state index contributed by atoms with van der Waals surface area (Å²) in [6.45, 7) is 2.79. The van der Waals surface area contributed by atoms with Gasteiger partial charge in [0.1, 0.15) is 11.5 Å². The summed E-state index contributed by atoms with van der Waals surface area (Å²) in [5, 5.41) is 17.1. The Kier molecular flexibility index (Phi) is 15.9. The SMILES string of the molecule is CC(C)OC(=O)c1cc(-c2nn(C)c(C(F)(F)F)c2Br)c(F)cc1Cl.CS(=O)(=O)c1cc(C(F)(F)F)ccc1C(=O)c1cnoc1C1CC1.O=C(O)CNCP(=O)(O)O. The Morgan fingerprint density at radius 2 is 1.68 bits per heavy atom. The second-order valence-electron chi connectivity index (χ2n) is 12.7. The summed E-state index contributed by atoms with van der Waals surface area (Å²) in [5.41, 5.74) is -3.23. The number of aryl methyl sites for hydroxylation is 1. The number of esters is 1. The van der Waals surface area contributed by atoms with Crippen LogP contribution in [0.25, 0.3) is 11.3 Å². The summed E-state index contributed by atoms with van der Waals surface area (Å²) >= 11 is 8.67. The molecule has 4 N–H and O–H groups in total. The van der Waals surface area contributed by atoms with Crippen LogP contribution in [0.5, 0.6) is 0 Å². The normalized spacial score (nSPS) is 13.3. The molecule has 0 bridgehead atoms. The number of carbonyl (C=O) groups is 3. The number of carboxylic acid groups (broad SMARTS) is 1. The molecule has 26 heteroatoms. The minimum absolute atomic E-state index is 0.0441. The number of sulfone groups is 1. The molecule has 0 radical (unpaired) electrons. The summed E-state index contributed by atoms with van der Waals surface area (Å²) in [6.07, 6.45) is -6.88. The van der Waals surface area contributed by atoms with Crippen molar-refractivity contribution >= 4 is 62.7 Å². The Balaban J connectivity index is 0.000000258. The van der Waals surface area contributed by atoms with Gasteiger partial charge in [0.05, 0.1) is 56.2 Å². The van der Waals surface area contributed by atoms with Gasteiger partial charge in [-0.15, -0.1) is 0 Å². The monoisotopic (exact) mass is 970 g/mol. The lowest BCUT2D eigenvalue weighted by Crippen LogP contribution is -2.23. The highest BCUT2D eigenvalue weighted by Gasteiger charge is 2.40. The smallest absolute Gasteiger partial charge is 0.434 e. The zero-order chi connectivity index (χ0) is 45.0. The highest BCUT2D eigenvalue weighted by atomic mass is 79.9. The highest BCUT2D eigenvalue weighted by molar-refractivity contribution is 9.10. The summed E-state index contributed by atoms with van der Waals surface area (Å²) in [6, 6.07) is 3.90. The number of benzene rings is 2. The number of nitrogens with zero attached hydrogens (tertiary/aromatic N) is 3. The van der Waals surface area contributed by atoms with Gasteiger partial charge in [0.25, 0.3) is 0 Å². The fraction of sp³-hybridized carbons (Fsp3) is 0.364. The zero-order valence-corrected chi connectivity index (χ0v) is 34.7. The van der Waals surface area contributed by atoms with Crippen molar-refractivity contribution in [3.8, 4) is 11.3 Å². The fourth-order valence-electron chi connectivity index (χ4n) is 4.85. The Bertz CT molecular complexity index is 2380. The molecular weight excluding hydrogens is 940 g/mol. The van der Waals surface area contributed by atoms with Crippen LogP contribution in [0.3, 0.4) is 0 Å². The Morgan fingerprint density at radius 3 is 2.15 bits per heavy atom. The molecule has 2 heterocycles. The molecule has 15 nitrogen and oxygen atoms in total. The van der Waals surface area contributed by atoms with Crippen LogP contribution in [0.4, 0.5) is 30.7 Å². The first-order chi connectivity index (χ1) is 26.9. The molecule has 1 fully saturated rings. The van der Waals surface area contributed by atoms with Crippen LogP contribution >= 0.6 is 35.1 Å². The van der Waals surface area contributed by atoms with Gasteiger partial charge in [-0.1, -0.05) is 16.8 Å². The van der Waals surface area contributed by atoms with Crippen LogP contribution in [0.15, 0.2) is 50.4 Å². The number of hydrogen-bond acceptors (Lipinski definition) is 11. The van der Waals surface area contributed by atoms with E-state index in [1.165, 1.54) is 6.20 Å². The average Bonchev–Trinajstić information content (AvgIpc) is 3.71. The van der Waals surface area contributed by atoms with Crippen molar-refractivity contribution in [3.05, 3.63) is 85.5 Å². The van der Waals surface area contributed by atoms with E-state index in [0.29, 0.717) is 22.6 Å². The molecule has 1 aliphatic carbocycles. The molecule has 59 heavy (non-hydrogen) atoms. The lowest BCUT2D eigenvalue weighted by molar-refractivity contribution is -0.144. The minimum Gasteiger partial charge on any atom is -0.480 e. The molecule has 5 rings (SSSR count). The number of ketones is 1. The number of nitrogens with one attached hydrogen (secondary N) is 1. The molecule has 0 saturated heterocycles.